The fourth-order valence-electron chi connectivity index (χ4n) is 1.17. The summed E-state index contributed by atoms with van der Waals surface area (Å²) in [6, 6.07) is 7.31. The molecular weight excluding hydrogens is 186 g/mol. The van der Waals surface area contributed by atoms with Crippen LogP contribution in [0.5, 0.6) is 0 Å². The summed E-state index contributed by atoms with van der Waals surface area (Å²) >= 11 is 5.80. The first kappa shape index (κ1) is 10.5. The molecule has 0 aliphatic carbocycles. The molecule has 0 radical (unpaired) electrons. The number of nitrogens with zero attached hydrogens (tertiary/aromatic N) is 1. The fourth-order valence-corrected chi connectivity index (χ4v) is 1.36. The second-order valence-corrected chi connectivity index (χ2v) is 3.77. The van der Waals surface area contributed by atoms with E-state index in [-0.39, 0.29) is 0 Å². The van der Waals surface area contributed by atoms with Crippen molar-refractivity contribution in [2.24, 2.45) is 0 Å². The molecule has 0 unspecified atom stereocenters. The number of rotatable bonds is 3. The van der Waals surface area contributed by atoms with Gasteiger partial charge in [-0.05, 0) is 31.8 Å². The Balaban J connectivity index is 2.71. The van der Waals surface area contributed by atoms with Gasteiger partial charge in [-0.2, -0.15) is 0 Å². The van der Waals surface area contributed by atoms with Crippen molar-refractivity contribution in [2.75, 3.05) is 20.6 Å². The third-order valence-corrected chi connectivity index (χ3v) is 2.01. The van der Waals surface area contributed by atoms with E-state index in [4.69, 9.17) is 11.6 Å². The van der Waals surface area contributed by atoms with Crippen molar-refractivity contribution in [1.29, 1.82) is 0 Å². The minimum absolute atomic E-state index is 0.464. The van der Waals surface area contributed by atoms with Crippen LogP contribution in [0.3, 0.4) is 0 Å². The highest BCUT2D eigenvalue weighted by Gasteiger charge is 2.08. The Morgan fingerprint density at radius 3 is 2.69 bits per heavy atom. The molecule has 1 rings (SSSR count). The Morgan fingerprint density at radius 1 is 1.46 bits per heavy atom. The molecular formula is C10H14ClNO. The molecule has 0 aromatic heterocycles. The number of aliphatic hydroxyl groups is 1. The summed E-state index contributed by atoms with van der Waals surface area (Å²) in [7, 11) is 3.85. The summed E-state index contributed by atoms with van der Waals surface area (Å²) in [6.45, 7) is 0.611. The van der Waals surface area contributed by atoms with E-state index >= 15 is 0 Å². The summed E-state index contributed by atoms with van der Waals surface area (Å²) in [5.74, 6) is 0. The van der Waals surface area contributed by atoms with Crippen molar-refractivity contribution < 1.29 is 5.11 Å². The van der Waals surface area contributed by atoms with Crippen molar-refractivity contribution in [2.45, 2.75) is 6.10 Å². The van der Waals surface area contributed by atoms with Crippen LogP contribution in [0.4, 0.5) is 0 Å². The van der Waals surface area contributed by atoms with Gasteiger partial charge in [0.2, 0.25) is 0 Å². The minimum Gasteiger partial charge on any atom is -0.387 e. The average Bonchev–Trinajstić information content (AvgIpc) is 2.03. The van der Waals surface area contributed by atoms with Gasteiger partial charge in [0.25, 0.3) is 0 Å². The zero-order chi connectivity index (χ0) is 9.84. The topological polar surface area (TPSA) is 23.5 Å². The molecule has 0 saturated heterocycles. The van der Waals surface area contributed by atoms with Crippen LogP contribution in [0.1, 0.15) is 11.7 Å². The number of hydrogen-bond donors (Lipinski definition) is 1. The van der Waals surface area contributed by atoms with Crippen LogP contribution in [0, 0.1) is 0 Å². The maximum atomic E-state index is 9.72. The third kappa shape index (κ3) is 3.35. The molecule has 2 nitrogen and oxygen atoms in total. The predicted molar refractivity (Wildman–Crippen MR) is 55.0 cm³/mol. The molecule has 0 aliphatic heterocycles. The number of aliphatic hydroxyl groups excluding tert-OH is 1. The van der Waals surface area contributed by atoms with Gasteiger partial charge < -0.3 is 10.0 Å². The zero-order valence-electron chi connectivity index (χ0n) is 7.87. The van der Waals surface area contributed by atoms with Crippen molar-refractivity contribution in [3.05, 3.63) is 34.9 Å². The normalized spacial score (nSPS) is 13.3. The van der Waals surface area contributed by atoms with Gasteiger partial charge in [0, 0.05) is 11.6 Å². The third-order valence-electron chi connectivity index (χ3n) is 1.77. The van der Waals surface area contributed by atoms with Gasteiger partial charge in [-0.15, -0.1) is 0 Å². The molecule has 1 aromatic carbocycles. The average molecular weight is 200 g/mol. The van der Waals surface area contributed by atoms with Crippen LogP contribution >= 0.6 is 11.6 Å². The Hall–Kier alpha value is -0.570. The first-order chi connectivity index (χ1) is 6.09. The van der Waals surface area contributed by atoms with Crippen molar-refractivity contribution in [1.82, 2.24) is 4.90 Å². The predicted octanol–water partition coefficient (Wildman–Crippen LogP) is 1.93. The van der Waals surface area contributed by atoms with Crippen LogP contribution < -0.4 is 0 Å². The standard InChI is InChI=1S/C10H14ClNO/c1-12(2)7-10(13)8-4-3-5-9(11)6-8/h3-6,10,13H,7H2,1-2H3/t10-/m0/s1. The molecule has 13 heavy (non-hydrogen) atoms. The smallest absolute Gasteiger partial charge is 0.0917 e. The van der Waals surface area contributed by atoms with Gasteiger partial charge in [-0.25, -0.2) is 0 Å². The van der Waals surface area contributed by atoms with Gasteiger partial charge >= 0.3 is 0 Å². The molecule has 0 heterocycles. The van der Waals surface area contributed by atoms with Crippen molar-refractivity contribution >= 4 is 11.6 Å². The van der Waals surface area contributed by atoms with Crippen LogP contribution in [0.2, 0.25) is 5.02 Å². The largest absolute Gasteiger partial charge is 0.387 e. The van der Waals surface area contributed by atoms with E-state index in [0.29, 0.717) is 11.6 Å². The van der Waals surface area contributed by atoms with Crippen LogP contribution in [0.15, 0.2) is 24.3 Å². The molecule has 0 amide bonds. The van der Waals surface area contributed by atoms with Crippen LogP contribution in [-0.2, 0) is 0 Å². The number of benzene rings is 1. The van der Waals surface area contributed by atoms with E-state index < -0.39 is 6.10 Å². The molecule has 3 heteroatoms. The van der Waals surface area contributed by atoms with Crippen molar-refractivity contribution in [3.63, 3.8) is 0 Å². The van der Waals surface area contributed by atoms with Crippen LogP contribution in [0.25, 0.3) is 0 Å². The maximum absolute atomic E-state index is 9.72. The molecule has 0 bridgehead atoms. The summed E-state index contributed by atoms with van der Waals surface area (Å²) in [5, 5.41) is 10.4. The molecule has 1 atom stereocenters. The lowest BCUT2D eigenvalue weighted by atomic mass is 10.1. The highest BCUT2D eigenvalue weighted by molar-refractivity contribution is 6.30. The highest BCUT2D eigenvalue weighted by Crippen LogP contribution is 2.17. The lowest BCUT2D eigenvalue weighted by Crippen LogP contribution is -2.19. The van der Waals surface area contributed by atoms with Gasteiger partial charge in [-0.3, -0.25) is 0 Å². The molecule has 0 saturated carbocycles. The molecule has 0 spiro atoms. The quantitative estimate of drug-likeness (QED) is 0.805. The summed E-state index contributed by atoms with van der Waals surface area (Å²) in [6.07, 6.45) is -0.464. The van der Waals surface area contributed by atoms with E-state index in [9.17, 15) is 5.11 Å². The van der Waals surface area contributed by atoms with Gasteiger partial charge in [-0.1, -0.05) is 23.7 Å². The number of likely N-dealkylation sites (N-methyl/N-ethyl adjacent to an activating group) is 1. The van der Waals surface area contributed by atoms with E-state index in [1.54, 1.807) is 12.1 Å². The van der Waals surface area contributed by atoms with E-state index in [0.717, 1.165) is 5.56 Å². The summed E-state index contributed by atoms with van der Waals surface area (Å²) < 4.78 is 0. The molecule has 0 aliphatic rings. The van der Waals surface area contributed by atoms with Crippen LogP contribution in [-0.4, -0.2) is 30.6 Å². The van der Waals surface area contributed by atoms with E-state index in [1.165, 1.54) is 0 Å². The molecule has 0 fully saturated rings. The van der Waals surface area contributed by atoms with Gasteiger partial charge in [0.05, 0.1) is 6.10 Å². The van der Waals surface area contributed by atoms with Gasteiger partial charge in [0.15, 0.2) is 0 Å². The second kappa shape index (κ2) is 4.61. The van der Waals surface area contributed by atoms with Crippen molar-refractivity contribution in [3.8, 4) is 0 Å². The SMILES string of the molecule is CN(C)C[C@H](O)c1cccc(Cl)c1. The lowest BCUT2D eigenvalue weighted by molar-refractivity contribution is 0.138. The summed E-state index contributed by atoms with van der Waals surface area (Å²) in [4.78, 5) is 1.94. The number of halogens is 1. The van der Waals surface area contributed by atoms with Gasteiger partial charge in [0.1, 0.15) is 0 Å². The second-order valence-electron chi connectivity index (χ2n) is 3.33. The summed E-state index contributed by atoms with van der Waals surface area (Å²) in [5.41, 5.74) is 0.862. The first-order valence-electron chi connectivity index (χ1n) is 4.18. The molecule has 1 N–H and O–H groups in total. The minimum atomic E-state index is -0.464. The Morgan fingerprint density at radius 2 is 2.15 bits per heavy atom. The lowest BCUT2D eigenvalue weighted by Gasteiger charge is -2.16. The molecule has 1 aromatic rings. The Labute approximate surface area is 83.7 Å². The molecule has 72 valence electrons. The van der Waals surface area contributed by atoms with E-state index in [1.807, 2.05) is 31.1 Å². The Kier molecular flexibility index (Phi) is 3.72. The highest BCUT2D eigenvalue weighted by atomic mass is 35.5. The fraction of sp³-hybridized carbons (Fsp3) is 0.400. The maximum Gasteiger partial charge on any atom is 0.0917 e. The monoisotopic (exact) mass is 199 g/mol. The zero-order valence-corrected chi connectivity index (χ0v) is 8.62. The Bertz CT molecular complexity index is 275. The van der Waals surface area contributed by atoms with E-state index in [2.05, 4.69) is 0 Å². The number of hydrogen-bond acceptors (Lipinski definition) is 2. The first-order valence-corrected chi connectivity index (χ1v) is 4.55.